The molecule has 0 aromatic heterocycles. The van der Waals surface area contributed by atoms with Crippen molar-refractivity contribution in [3.63, 3.8) is 0 Å². The molecule has 0 aromatic rings. The molecule has 16 heavy (non-hydrogen) atoms. The van der Waals surface area contributed by atoms with Crippen molar-refractivity contribution in [3.8, 4) is 0 Å². The van der Waals surface area contributed by atoms with Crippen LogP contribution in [-0.4, -0.2) is 32.3 Å². The third kappa shape index (κ3) is 4.37. The second-order valence-electron chi connectivity index (χ2n) is 4.85. The molecule has 0 aliphatic heterocycles. The Balaban J connectivity index is 2.37. The van der Waals surface area contributed by atoms with Crippen molar-refractivity contribution in [1.29, 1.82) is 0 Å². The number of hydrogen-bond donors (Lipinski definition) is 3. The van der Waals surface area contributed by atoms with E-state index in [-0.39, 0.29) is 0 Å². The first-order valence-electron chi connectivity index (χ1n) is 5.88. The number of nitrogens with zero attached hydrogens (tertiary/aromatic N) is 1. The minimum atomic E-state index is 0.337. The first-order valence-corrected chi connectivity index (χ1v) is 5.88. The van der Waals surface area contributed by atoms with Crippen molar-refractivity contribution in [1.82, 2.24) is 10.7 Å². The summed E-state index contributed by atoms with van der Waals surface area (Å²) in [6.07, 6.45) is 3.59. The Morgan fingerprint density at radius 2 is 2.19 bits per heavy atom. The van der Waals surface area contributed by atoms with Crippen LogP contribution < -0.4 is 16.6 Å². The smallest absolute Gasteiger partial charge is 0.205 e. The predicted octanol–water partition coefficient (Wildman–Crippen LogP) is 0.620. The van der Waals surface area contributed by atoms with E-state index in [1.165, 1.54) is 12.8 Å². The Kier molecular flexibility index (Phi) is 5.02. The third-order valence-electron chi connectivity index (χ3n) is 2.93. The molecule has 0 atom stereocenters. The Labute approximate surface area is 97.8 Å². The molecule has 5 heteroatoms. The lowest BCUT2D eigenvalue weighted by atomic mass is 10.0. The van der Waals surface area contributed by atoms with Crippen LogP contribution in [0.1, 0.15) is 33.1 Å². The van der Waals surface area contributed by atoms with E-state index in [1.54, 1.807) is 7.11 Å². The number of nitrogens with one attached hydrogen (secondary N) is 2. The summed E-state index contributed by atoms with van der Waals surface area (Å²) in [5, 5.41) is 3.17. The zero-order chi connectivity index (χ0) is 12.0. The zero-order valence-electron chi connectivity index (χ0n) is 10.5. The highest BCUT2D eigenvalue weighted by atomic mass is 16.5. The molecule has 1 fully saturated rings. The SMILES string of the molecule is COCCC1(CN=C(NN)NC(C)C)CC1. The van der Waals surface area contributed by atoms with Gasteiger partial charge in [-0.3, -0.25) is 10.4 Å². The van der Waals surface area contributed by atoms with Gasteiger partial charge in [0.05, 0.1) is 0 Å². The van der Waals surface area contributed by atoms with Gasteiger partial charge in [0.1, 0.15) is 0 Å². The van der Waals surface area contributed by atoms with Gasteiger partial charge in [-0.15, -0.1) is 0 Å². The summed E-state index contributed by atoms with van der Waals surface area (Å²) in [5.74, 6) is 6.08. The fraction of sp³-hybridized carbons (Fsp3) is 0.909. The van der Waals surface area contributed by atoms with Gasteiger partial charge >= 0.3 is 0 Å². The summed E-state index contributed by atoms with van der Waals surface area (Å²) in [6.45, 7) is 5.77. The number of ether oxygens (including phenoxy) is 1. The third-order valence-corrected chi connectivity index (χ3v) is 2.93. The average Bonchev–Trinajstić information content (AvgIpc) is 3.02. The predicted molar refractivity (Wildman–Crippen MR) is 66.1 cm³/mol. The van der Waals surface area contributed by atoms with E-state index >= 15 is 0 Å². The number of methoxy groups -OCH3 is 1. The fourth-order valence-electron chi connectivity index (χ4n) is 1.64. The Bertz CT molecular complexity index is 236. The van der Waals surface area contributed by atoms with Gasteiger partial charge in [-0.25, -0.2) is 5.84 Å². The van der Waals surface area contributed by atoms with Gasteiger partial charge in [-0.2, -0.15) is 0 Å². The van der Waals surface area contributed by atoms with Crippen LogP contribution in [0.4, 0.5) is 0 Å². The quantitative estimate of drug-likeness (QED) is 0.270. The Morgan fingerprint density at radius 1 is 1.50 bits per heavy atom. The van der Waals surface area contributed by atoms with E-state index in [0.717, 1.165) is 19.6 Å². The van der Waals surface area contributed by atoms with Crippen molar-refractivity contribution < 1.29 is 4.74 Å². The van der Waals surface area contributed by atoms with Crippen molar-refractivity contribution >= 4 is 5.96 Å². The molecule has 0 bridgehead atoms. The normalized spacial score (nSPS) is 18.7. The summed E-state index contributed by atoms with van der Waals surface area (Å²) in [6, 6.07) is 0.337. The van der Waals surface area contributed by atoms with Crippen LogP contribution in [0.3, 0.4) is 0 Å². The molecule has 1 saturated carbocycles. The molecule has 4 N–H and O–H groups in total. The summed E-state index contributed by atoms with van der Waals surface area (Å²) >= 11 is 0. The molecule has 0 unspecified atom stereocenters. The zero-order valence-corrected chi connectivity index (χ0v) is 10.5. The Morgan fingerprint density at radius 3 is 2.62 bits per heavy atom. The average molecular weight is 228 g/mol. The standard InChI is InChI=1S/C11H24N4O/c1-9(2)14-10(15-12)13-8-11(4-5-11)6-7-16-3/h9H,4-8,12H2,1-3H3,(H2,13,14,15). The number of hydrogen-bond acceptors (Lipinski definition) is 3. The molecule has 1 rings (SSSR count). The van der Waals surface area contributed by atoms with Crippen LogP contribution in [0.5, 0.6) is 0 Å². The molecule has 0 radical (unpaired) electrons. The summed E-state index contributed by atoms with van der Waals surface area (Å²) in [4.78, 5) is 4.48. The molecular formula is C11H24N4O. The van der Waals surface area contributed by atoms with Crippen molar-refractivity contribution in [2.75, 3.05) is 20.3 Å². The number of nitrogens with two attached hydrogens (primary N) is 1. The van der Waals surface area contributed by atoms with E-state index in [1.807, 2.05) is 0 Å². The number of hydrazine groups is 1. The molecule has 1 aliphatic carbocycles. The summed E-state index contributed by atoms with van der Waals surface area (Å²) < 4.78 is 5.11. The van der Waals surface area contributed by atoms with Gasteiger partial charge in [0, 0.05) is 26.3 Å². The molecule has 1 aliphatic rings. The van der Waals surface area contributed by atoms with Gasteiger partial charge in [0.15, 0.2) is 0 Å². The second-order valence-corrected chi connectivity index (χ2v) is 4.85. The van der Waals surface area contributed by atoms with Crippen molar-refractivity contribution in [2.24, 2.45) is 16.3 Å². The highest BCUT2D eigenvalue weighted by Gasteiger charge is 2.41. The fourth-order valence-corrected chi connectivity index (χ4v) is 1.64. The van der Waals surface area contributed by atoms with E-state index in [2.05, 4.69) is 29.6 Å². The second kappa shape index (κ2) is 6.06. The lowest BCUT2D eigenvalue weighted by Crippen LogP contribution is -2.44. The van der Waals surface area contributed by atoms with Gasteiger partial charge < -0.3 is 10.1 Å². The van der Waals surface area contributed by atoms with E-state index < -0.39 is 0 Å². The summed E-state index contributed by atoms with van der Waals surface area (Å²) in [5.41, 5.74) is 2.97. The molecule has 0 saturated heterocycles. The lowest BCUT2D eigenvalue weighted by Gasteiger charge is -2.15. The van der Waals surface area contributed by atoms with Gasteiger partial charge in [0.25, 0.3) is 0 Å². The minimum Gasteiger partial charge on any atom is -0.385 e. The van der Waals surface area contributed by atoms with Crippen LogP contribution in [0.2, 0.25) is 0 Å². The maximum atomic E-state index is 5.40. The molecular weight excluding hydrogens is 204 g/mol. The van der Waals surface area contributed by atoms with Crippen LogP contribution in [0.25, 0.3) is 0 Å². The maximum absolute atomic E-state index is 5.40. The number of guanidine groups is 1. The molecule has 0 heterocycles. The first-order chi connectivity index (χ1) is 7.62. The molecule has 0 amide bonds. The van der Waals surface area contributed by atoms with Crippen molar-refractivity contribution in [2.45, 2.75) is 39.2 Å². The van der Waals surface area contributed by atoms with Crippen LogP contribution >= 0.6 is 0 Å². The topological polar surface area (TPSA) is 71.7 Å². The van der Waals surface area contributed by atoms with E-state index in [9.17, 15) is 0 Å². The van der Waals surface area contributed by atoms with Crippen LogP contribution in [0.15, 0.2) is 4.99 Å². The highest BCUT2D eigenvalue weighted by Crippen LogP contribution is 2.48. The van der Waals surface area contributed by atoms with Crippen LogP contribution in [0, 0.1) is 5.41 Å². The molecule has 0 aromatic carbocycles. The first kappa shape index (κ1) is 13.3. The maximum Gasteiger partial charge on any atom is 0.205 e. The van der Waals surface area contributed by atoms with E-state index in [4.69, 9.17) is 10.6 Å². The highest BCUT2D eigenvalue weighted by molar-refractivity contribution is 5.79. The minimum absolute atomic E-state index is 0.337. The molecule has 94 valence electrons. The molecule has 0 spiro atoms. The van der Waals surface area contributed by atoms with Gasteiger partial charge in [0.2, 0.25) is 5.96 Å². The van der Waals surface area contributed by atoms with Crippen LogP contribution in [-0.2, 0) is 4.74 Å². The van der Waals surface area contributed by atoms with Gasteiger partial charge in [-0.05, 0) is 38.5 Å². The number of rotatable bonds is 6. The van der Waals surface area contributed by atoms with Crippen molar-refractivity contribution in [3.05, 3.63) is 0 Å². The summed E-state index contributed by atoms with van der Waals surface area (Å²) in [7, 11) is 1.74. The van der Waals surface area contributed by atoms with E-state index in [0.29, 0.717) is 17.4 Å². The largest absolute Gasteiger partial charge is 0.385 e. The lowest BCUT2D eigenvalue weighted by molar-refractivity contribution is 0.174. The Hall–Kier alpha value is -0.810. The van der Waals surface area contributed by atoms with Gasteiger partial charge in [-0.1, -0.05) is 0 Å². The monoisotopic (exact) mass is 228 g/mol. The molecule has 5 nitrogen and oxygen atoms in total. The number of aliphatic imine (C=N–C) groups is 1.